The fourth-order valence-corrected chi connectivity index (χ4v) is 1.27. The number of nitrogens with zero attached hydrogens (tertiary/aromatic N) is 2. The third-order valence-electron chi connectivity index (χ3n) is 2.82. The molecule has 2 heteroatoms. The van der Waals surface area contributed by atoms with Gasteiger partial charge in [-0.25, -0.2) is 9.97 Å². The van der Waals surface area contributed by atoms with Gasteiger partial charge in [0.25, 0.3) is 0 Å². The summed E-state index contributed by atoms with van der Waals surface area (Å²) in [5.41, 5.74) is 1.50. The first-order chi connectivity index (χ1) is 5.73. The smallest absolute Gasteiger partial charge is 0.115 e. The predicted octanol–water partition coefficient (Wildman–Crippen LogP) is 2.55. The Kier molecular flexibility index (Phi) is 2.79. The monoisotopic (exact) mass is 164 g/mol. The molecule has 0 bridgehead atoms. The van der Waals surface area contributed by atoms with Crippen LogP contribution in [0.2, 0.25) is 0 Å². The molecule has 1 aromatic heterocycles. The van der Waals surface area contributed by atoms with Gasteiger partial charge in [0.15, 0.2) is 0 Å². The summed E-state index contributed by atoms with van der Waals surface area (Å²) in [6.07, 6.45) is 7.68. The van der Waals surface area contributed by atoms with Gasteiger partial charge < -0.3 is 0 Å². The Morgan fingerprint density at radius 2 is 1.67 bits per heavy atom. The zero-order valence-corrected chi connectivity index (χ0v) is 8.04. The lowest BCUT2D eigenvalue weighted by Crippen LogP contribution is -2.19. The van der Waals surface area contributed by atoms with Gasteiger partial charge in [-0.05, 0) is 23.8 Å². The minimum absolute atomic E-state index is 0.251. The molecule has 0 aliphatic carbocycles. The number of rotatable bonds is 3. The summed E-state index contributed by atoms with van der Waals surface area (Å²) in [7, 11) is 0. The van der Waals surface area contributed by atoms with Crippen LogP contribution in [0.4, 0.5) is 0 Å². The van der Waals surface area contributed by atoms with Crippen LogP contribution in [0.1, 0.15) is 39.2 Å². The second-order valence-electron chi connectivity index (χ2n) is 3.39. The van der Waals surface area contributed by atoms with Gasteiger partial charge in [-0.1, -0.05) is 20.8 Å². The van der Waals surface area contributed by atoms with Gasteiger partial charge >= 0.3 is 0 Å². The van der Waals surface area contributed by atoms with Crippen molar-refractivity contribution in [2.24, 2.45) is 0 Å². The average Bonchev–Trinajstić information content (AvgIpc) is 2.18. The summed E-state index contributed by atoms with van der Waals surface area (Å²) in [5, 5.41) is 0. The van der Waals surface area contributed by atoms with Crippen molar-refractivity contribution in [1.82, 2.24) is 9.97 Å². The van der Waals surface area contributed by atoms with Crippen LogP contribution in [-0.2, 0) is 5.41 Å². The van der Waals surface area contributed by atoms with Crippen molar-refractivity contribution in [3.8, 4) is 0 Å². The molecule has 0 atom stereocenters. The maximum atomic E-state index is 4.04. The summed E-state index contributed by atoms with van der Waals surface area (Å²) in [4.78, 5) is 8.07. The fraction of sp³-hybridized carbons (Fsp3) is 0.600. The van der Waals surface area contributed by atoms with E-state index in [9.17, 15) is 0 Å². The van der Waals surface area contributed by atoms with Gasteiger partial charge in [0.1, 0.15) is 6.33 Å². The van der Waals surface area contributed by atoms with E-state index in [4.69, 9.17) is 0 Å². The highest BCUT2D eigenvalue weighted by Gasteiger charge is 2.22. The van der Waals surface area contributed by atoms with Crippen LogP contribution in [0, 0.1) is 0 Å². The second kappa shape index (κ2) is 3.65. The summed E-state index contributed by atoms with van der Waals surface area (Å²) < 4.78 is 0. The van der Waals surface area contributed by atoms with Crippen LogP contribution in [-0.4, -0.2) is 9.97 Å². The average molecular weight is 164 g/mol. The van der Waals surface area contributed by atoms with Crippen LogP contribution in [0.25, 0.3) is 0 Å². The second-order valence-corrected chi connectivity index (χ2v) is 3.39. The topological polar surface area (TPSA) is 25.8 Å². The van der Waals surface area contributed by atoms with Gasteiger partial charge in [0.2, 0.25) is 0 Å². The van der Waals surface area contributed by atoms with Crippen molar-refractivity contribution >= 4 is 0 Å². The van der Waals surface area contributed by atoms with E-state index in [-0.39, 0.29) is 5.41 Å². The first-order valence-electron chi connectivity index (χ1n) is 4.48. The summed E-state index contributed by atoms with van der Waals surface area (Å²) in [5.74, 6) is 0. The van der Waals surface area contributed by atoms with Crippen LogP contribution in [0.3, 0.4) is 0 Å². The largest absolute Gasteiger partial charge is 0.245 e. The van der Waals surface area contributed by atoms with Gasteiger partial charge in [-0.2, -0.15) is 0 Å². The van der Waals surface area contributed by atoms with Gasteiger partial charge in [0.05, 0.1) is 0 Å². The molecule has 12 heavy (non-hydrogen) atoms. The molecule has 0 radical (unpaired) electrons. The zero-order chi connectivity index (χ0) is 9.03. The van der Waals surface area contributed by atoms with Crippen molar-refractivity contribution in [1.29, 1.82) is 0 Å². The highest BCUT2D eigenvalue weighted by atomic mass is 14.8. The van der Waals surface area contributed by atoms with E-state index in [2.05, 4.69) is 30.7 Å². The maximum absolute atomic E-state index is 4.04. The Bertz CT molecular complexity index is 227. The van der Waals surface area contributed by atoms with Crippen molar-refractivity contribution < 1.29 is 0 Å². The normalized spacial score (nSPS) is 11.6. The molecule has 0 aliphatic heterocycles. The van der Waals surface area contributed by atoms with E-state index in [0.29, 0.717) is 0 Å². The molecule has 0 N–H and O–H groups in total. The standard InChI is InChI=1S/C10H16N2/c1-4-10(3,5-2)9-6-11-8-12-7-9/h6-8H,4-5H2,1-3H3. The molecule has 1 aromatic rings. The minimum atomic E-state index is 0.251. The van der Waals surface area contributed by atoms with E-state index in [0.717, 1.165) is 12.8 Å². The lowest BCUT2D eigenvalue weighted by atomic mass is 9.79. The van der Waals surface area contributed by atoms with E-state index >= 15 is 0 Å². The number of hydrogen-bond donors (Lipinski definition) is 0. The molecule has 66 valence electrons. The van der Waals surface area contributed by atoms with E-state index in [1.807, 2.05) is 12.4 Å². The molecule has 0 aromatic carbocycles. The minimum Gasteiger partial charge on any atom is -0.245 e. The molecule has 0 saturated carbocycles. The quantitative estimate of drug-likeness (QED) is 0.686. The van der Waals surface area contributed by atoms with E-state index in [1.54, 1.807) is 6.33 Å². The Balaban J connectivity index is 2.95. The maximum Gasteiger partial charge on any atom is 0.115 e. The lowest BCUT2D eigenvalue weighted by Gasteiger charge is -2.26. The highest BCUT2D eigenvalue weighted by molar-refractivity contribution is 5.16. The molecule has 1 rings (SSSR count). The molecule has 2 nitrogen and oxygen atoms in total. The van der Waals surface area contributed by atoms with Crippen LogP contribution >= 0.6 is 0 Å². The molecule has 0 amide bonds. The zero-order valence-electron chi connectivity index (χ0n) is 8.04. The summed E-state index contributed by atoms with van der Waals surface area (Å²) in [6.45, 7) is 6.67. The summed E-state index contributed by atoms with van der Waals surface area (Å²) >= 11 is 0. The Morgan fingerprint density at radius 3 is 2.08 bits per heavy atom. The van der Waals surface area contributed by atoms with E-state index < -0.39 is 0 Å². The van der Waals surface area contributed by atoms with Gasteiger partial charge in [-0.15, -0.1) is 0 Å². The third-order valence-corrected chi connectivity index (χ3v) is 2.82. The number of aromatic nitrogens is 2. The first kappa shape index (κ1) is 9.17. The Morgan fingerprint density at radius 1 is 1.17 bits per heavy atom. The predicted molar refractivity (Wildman–Crippen MR) is 50.0 cm³/mol. The van der Waals surface area contributed by atoms with Crippen molar-refractivity contribution in [3.63, 3.8) is 0 Å². The lowest BCUT2D eigenvalue weighted by molar-refractivity contribution is 0.436. The van der Waals surface area contributed by atoms with Crippen LogP contribution in [0.15, 0.2) is 18.7 Å². The molecule has 0 fully saturated rings. The van der Waals surface area contributed by atoms with E-state index in [1.165, 1.54) is 5.56 Å². The SMILES string of the molecule is CCC(C)(CC)c1cncnc1. The Labute approximate surface area is 74.1 Å². The first-order valence-corrected chi connectivity index (χ1v) is 4.48. The highest BCUT2D eigenvalue weighted by Crippen LogP contribution is 2.29. The third kappa shape index (κ3) is 1.63. The van der Waals surface area contributed by atoms with Crippen molar-refractivity contribution in [3.05, 3.63) is 24.3 Å². The van der Waals surface area contributed by atoms with Gasteiger partial charge in [0, 0.05) is 12.4 Å². The number of hydrogen-bond acceptors (Lipinski definition) is 2. The molecule has 0 aliphatic rings. The van der Waals surface area contributed by atoms with Crippen LogP contribution < -0.4 is 0 Å². The van der Waals surface area contributed by atoms with Crippen molar-refractivity contribution in [2.45, 2.75) is 39.0 Å². The molecule has 0 unspecified atom stereocenters. The summed E-state index contributed by atoms with van der Waals surface area (Å²) in [6, 6.07) is 0. The van der Waals surface area contributed by atoms with Crippen LogP contribution in [0.5, 0.6) is 0 Å². The molecular formula is C10H16N2. The van der Waals surface area contributed by atoms with Gasteiger partial charge in [-0.3, -0.25) is 0 Å². The molecule has 0 spiro atoms. The van der Waals surface area contributed by atoms with Crippen molar-refractivity contribution in [2.75, 3.05) is 0 Å². The fourth-order valence-electron chi connectivity index (χ4n) is 1.27. The molecule has 0 saturated heterocycles. The Hall–Kier alpha value is -0.920. The molecule has 1 heterocycles. The molecular weight excluding hydrogens is 148 g/mol.